The molecule has 0 aromatic carbocycles. The summed E-state index contributed by atoms with van der Waals surface area (Å²) >= 11 is 0. The summed E-state index contributed by atoms with van der Waals surface area (Å²) in [7, 11) is 0. The van der Waals surface area contributed by atoms with E-state index in [9.17, 15) is 9.59 Å². The largest absolute Gasteiger partial charge is 0.353 e. The van der Waals surface area contributed by atoms with Crippen LogP contribution in [0.4, 0.5) is 0 Å². The van der Waals surface area contributed by atoms with Crippen LogP contribution in [0, 0.1) is 5.92 Å². The molecule has 14 heavy (non-hydrogen) atoms. The molecule has 1 aliphatic rings. The zero-order valence-electron chi connectivity index (χ0n) is 8.62. The molecule has 0 unspecified atom stereocenters. The van der Waals surface area contributed by atoms with Crippen molar-refractivity contribution in [2.75, 3.05) is 19.6 Å². The van der Waals surface area contributed by atoms with Gasteiger partial charge in [0.2, 0.25) is 11.8 Å². The fraction of sp³-hybridized carbons (Fsp3) is 0.778. The number of carbonyl (C=O) groups excluding carboxylic acids is 2. The number of hydrogen-bond acceptors (Lipinski definition) is 3. The van der Waals surface area contributed by atoms with Gasteiger partial charge in [-0.1, -0.05) is 13.8 Å². The third-order valence-electron chi connectivity index (χ3n) is 2.35. The SMILES string of the molecule is CC(C)[C@H](N)C(=O)N1CCNC(=O)C1. The number of nitrogens with one attached hydrogen (secondary N) is 1. The Morgan fingerprint density at radius 3 is 2.71 bits per heavy atom. The molecular formula is C9H17N3O2. The Labute approximate surface area is 83.6 Å². The third kappa shape index (κ3) is 2.45. The van der Waals surface area contributed by atoms with E-state index in [4.69, 9.17) is 5.73 Å². The van der Waals surface area contributed by atoms with Crippen molar-refractivity contribution in [2.24, 2.45) is 11.7 Å². The first-order valence-corrected chi connectivity index (χ1v) is 4.83. The molecule has 2 amide bonds. The molecule has 0 radical (unpaired) electrons. The van der Waals surface area contributed by atoms with Crippen LogP contribution in [0.25, 0.3) is 0 Å². The van der Waals surface area contributed by atoms with Crippen molar-refractivity contribution >= 4 is 11.8 Å². The summed E-state index contributed by atoms with van der Waals surface area (Å²) in [6, 6.07) is -0.499. The number of amides is 2. The van der Waals surface area contributed by atoms with Gasteiger partial charge in [0, 0.05) is 13.1 Å². The van der Waals surface area contributed by atoms with Crippen LogP contribution in [0.3, 0.4) is 0 Å². The summed E-state index contributed by atoms with van der Waals surface area (Å²) in [5.41, 5.74) is 5.71. The minimum absolute atomic E-state index is 0.104. The fourth-order valence-corrected chi connectivity index (χ4v) is 1.32. The van der Waals surface area contributed by atoms with E-state index in [0.29, 0.717) is 13.1 Å². The Kier molecular flexibility index (Phi) is 3.46. The highest BCUT2D eigenvalue weighted by molar-refractivity contribution is 5.88. The zero-order chi connectivity index (χ0) is 10.7. The van der Waals surface area contributed by atoms with Gasteiger partial charge in [-0.25, -0.2) is 0 Å². The van der Waals surface area contributed by atoms with Crippen LogP contribution < -0.4 is 11.1 Å². The van der Waals surface area contributed by atoms with E-state index < -0.39 is 6.04 Å². The lowest BCUT2D eigenvalue weighted by Gasteiger charge is -2.30. The summed E-state index contributed by atoms with van der Waals surface area (Å²) in [4.78, 5) is 24.2. The predicted octanol–water partition coefficient (Wildman–Crippen LogP) is -1.07. The minimum atomic E-state index is -0.499. The maximum absolute atomic E-state index is 11.7. The van der Waals surface area contributed by atoms with Crippen molar-refractivity contribution in [3.63, 3.8) is 0 Å². The Morgan fingerprint density at radius 2 is 2.21 bits per heavy atom. The molecule has 0 spiro atoms. The maximum Gasteiger partial charge on any atom is 0.240 e. The van der Waals surface area contributed by atoms with Crippen molar-refractivity contribution in [3.05, 3.63) is 0 Å². The Bertz CT molecular complexity index is 240. The van der Waals surface area contributed by atoms with Gasteiger partial charge in [-0.15, -0.1) is 0 Å². The lowest BCUT2D eigenvalue weighted by Crippen LogP contribution is -2.55. The number of rotatable bonds is 2. The molecule has 80 valence electrons. The normalized spacial score (nSPS) is 19.4. The highest BCUT2D eigenvalue weighted by atomic mass is 16.2. The van der Waals surface area contributed by atoms with Crippen LogP contribution >= 0.6 is 0 Å². The van der Waals surface area contributed by atoms with Crippen LogP contribution in [0.15, 0.2) is 0 Å². The van der Waals surface area contributed by atoms with E-state index in [1.54, 1.807) is 0 Å². The average molecular weight is 199 g/mol. The monoisotopic (exact) mass is 199 g/mol. The van der Waals surface area contributed by atoms with Gasteiger partial charge in [0.25, 0.3) is 0 Å². The standard InChI is InChI=1S/C9H17N3O2/c1-6(2)8(10)9(14)12-4-3-11-7(13)5-12/h6,8H,3-5,10H2,1-2H3,(H,11,13)/t8-/m0/s1. The van der Waals surface area contributed by atoms with Crippen molar-refractivity contribution in [2.45, 2.75) is 19.9 Å². The first-order chi connectivity index (χ1) is 6.52. The molecule has 0 bridgehead atoms. The summed E-state index contributed by atoms with van der Waals surface area (Å²) in [6.07, 6.45) is 0. The van der Waals surface area contributed by atoms with Gasteiger partial charge in [0.05, 0.1) is 12.6 Å². The van der Waals surface area contributed by atoms with Crippen LogP contribution in [0.1, 0.15) is 13.8 Å². The van der Waals surface area contributed by atoms with Gasteiger partial charge < -0.3 is 16.0 Å². The highest BCUT2D eigenvalue weighted by Crippen LogP contribution is 2.04. The molecule has 1 aliphatic heterocycles. The van der Waals surface area contributed by atoms with E-state index in [1.165, 1.54) is 4.90 Å². The molecule has 0 saturated carbocycles. The molecule has 0 aromatic rings. The van der Waals surface area contributed by atoms with E-state index in [-0.39, 0.29) is 24.3 Å². The van der Waals surface area contributed by atoms with Gasteiger partial charge >= 0.3 is 0 Å². The second kappa shape index (κ2) is 4.41. The van der Waals surface area contributed by atoms with Gasteiger partial charge in [-0.3, -0.25) is 9.59 Å². The number of carbonyl (C=O) groups is 2. The Balaban J connectivity index is 2.55. The Morgan fingerprint density at radius 1 is 1.57 bits per heavy atom. The smallest absolute Gasteiger partial charge is 0.240 e. The summed E-state index contributed by atoms with van der Waals surface area (Å²) in [6.45, 7) is 5.01. The molecule has 1 rings (SSSR count). The molecular weight excluding hydrogens is 182 g/mol. The molecule has 0 aromatic heterocycles. The predicted molar refractivity (Wildman–Crippen MR) is 52.4 cm³/mol. The van der Waals surface area contributed by atoms with Crippen molar-refractivity contribution in [1.82, 2.24) is 10.2 Å². The zero-order valence-corrected chi connectivity index (χ0v) is 8.62. The van der Waals surface area contributed by atoms with Gasteiger partial charge in [0.15, 0.2) is 0 Å². The molecule has 1 saturated heterocycles. The highest BCUT2D eigenvalue weighted by Gasteiger charge is 2.26. The first-order valence-electron chi connectivity index (χ1n) is 4.83. The second-order valence-corrected chi connectivity index (χ2v) is 3.88. The van der Waals surface area contributed by atoms with E-state index in [2.05, 4.69) is 5.32 Å². The average Bonchev–Trinajstić information content (AvgIpc) is 2.15. The van der Waals surface area contributed by atoms with Gasteiger partial charge in [0.1, 0.15) is 0 Å². The topological polar surface area (TPSA) is 75.4 Å². The summed E-state index contributed by atoms with van der Waals surface area (Å²) < 4.78 is 0. The molecule has 1 fully saturated rings. The Hall–Kier alpha value is -1.10. The lowest BCUT2D eigenvalue weighted by atomic mass is 10.0. The quantitative estimate of drug-likeness (QED) is 0.594. The van der Waals surface area contributed by atoms with Crippen molar-refractivity contribution in [3.8, 4) is 0 Å². The number of piperazine rings is 1. The van der Waals surface area contributed by atoms with Crippen LogP contribution in [0.2, 0.25) is 0 Å². The van der Waals surface area contributed by atoms with Crippen LogP contribution in [-0.4, -0.2) is 42.4 Å². The fourth-order valence-electron chi connectivity index (χ4n) is 1.32. The van der Waals surface area contributed by atoms with E-state index >= 15 is 0 Å². The molecule has 0 aliphatic carbocycles. The first kappa shape index (κ1) is 11.0. The molecule has 5 heteroatoms. The molecule has 3 N–H and O–H groups in total. The van der Waals surface area contributed by atoms with Crippen LogP contribution in [-0.2, 0) is 9.59 Å². The molecule has 1 heterocycles. The molecule has 1 atom stereocenters. The second-order valence-electron chi connectivity index (χ2n) is 3.88. The maximum atomic E-state index is 11.7. The number of nitrogens with two attached hydrogens (primary N) is 1. The van der Waals surface area contributed by atoms with Gasteiger partial charge in [-0.05, 0) is 5.92 Å². The van der Waals surface area contributed by atoms with Crippen molar-refractivity contribution in [1.29, 1.82) is 0 Å². The summed E-state index contributed by atoms with van der Waals surface area (Å²) in [5, 5.41) is 2.66. The lowest BCUT2D eigenvalue weighted by molar-refractivity contribution is -0.139. The third-order valence-corrected chi connectivity index (χ3v) is 2.35. The van der Waals surface area contributed by atoms with E-state index in [1.807, 2.05) is 13.8 Å². The van der Waals surface area contributed by atoms with Gasteiger partial charge in [-0.2, -0.15) is 0 Å². The molecule has 5 nitrogen and oxygen atoms in total. The van der Waals surface area contributed by atoms with Crippen LogP contribution in [0.5, 0.6) is 0 Å². The minimum Gasteiger partial charge on any atom is -0.353 e. The summed E-state index contributed by atoms with van der Waals surface area (Å²) in [5.74, 6) is -0.136. The van der Waals surface area contributed by atoms with E-state index in [0.717, 1.165) is 0 Å². The number of nitrogens with zero attached hydrogens (tertiary/aromatic N) is 1. The van der Waals surface area contributed by atoms with Crippen molar-refractivity contribution < 1.29 is 9.59 Å². The number of hydrogen-bond donors (Lipinski definition) is 2.